The molecule has 0 aliphatic carbocycles. The topological polar surface area (TPSA) is 53.8 Å². The Bertz CT molecular complexity index is 1110. The maximum atomic E-state index is 10.9. The van der Waals surface area contributed by atoms with Gasteiger partial charge in [0.05, 0.1) is 6.61 Å². The van der Waals surface area contributed by atoms with Gasteiger partial charge in [-0.05, 0) is 37.6 Å². The number of aromatic hydroxyl groups is 1. The number of halogens is 2. The summed E-state index contributed by atoms with van der Waals surface area (Å²) >= 11 is 12.6. The van der Waals surface area contributed by atoms with E-state index in [1.807, 2.05) is 31.2 Å². The number of phenols is 1. The van der Waals surface area contributed by atoms with Crippen LogP contribution in [0.15, 0.2) is 65.7 Å². The van der Waals surface area contributed by atoms with Gasteiger partial charge in [-0.1, -0.05) is 71.2 Å². The van der Waals surface area contributed by atoms with Crippen molar-refractivity contribution >= 4 is 28.9 Å². The van der Waals surface area contributed by atoms with E-state index in [-0.39, 0.29) is 18.0 Å². The van der Waals surface area contributed by atoms with E-state index in [1.54, 1.807) is 12.1 Å². The highest BCUT2D eigenvalue weighted by molar-refractivity contribution is 6.35. The van der Waals surface area contributed by atoms with Crippen LogP contribution in [0.5, 0.6) is 11.5 Å². The molecule has 6 heteroatoms. The summed E-state index contributed by atoms with van der Waals surface area (Å²) in [6, 6.07) is 19.1. The summed E-state index contributed by atoms with van der Waals surface area (Å²) in [5.41, 5.74) is 4.78. The molecule has 4 rings (SSSR count). The van der Waals surface area contributed by atoms with Gasteiger partial charge < -0.3 is 9.84 Å². The zero-order valence-electron chi connectivity index (χ0n) is 17.4. The maximum absolute atomic E-state index is 10.9. The number of aliphatic imine (C=N–C) groups is 1. The molecule has 1 aliphatic heterocycles. The van der Waals surface area contributed by atoms with Gasteiger partial charge in [-0.3, -0.25) is 10.3 Å². The van der Waals surface area contributed by atoms with Crippen molar-refractivity contribution in [3.05, 3.63) is 93.0 Å². The Morgan fingerprint density at radius 1 is 1.06 bits per heavy atom. The van der Waals surface area contributed by atoms with E-state index in [2.05, 4.69) is 36.5 Å². The summed E-state index contributed by atoms with van der Waals surface area (Å²) < 4.78 is 5.59. The highest BCUT2D eigenvalue weighted by Crippen LogP contribution is 2.40. The van der Waals surface area contributed by atoms with Crippen molar-refractivity contribution in [2.75, 3.05) is 6.61 Å². The average Bonchev–Trinajstić information content (AvgIpc) is 2.75. The summed E-state index contributed by atoms with van der Waals surface area (Å²) in [6.07, 6.45) is 0.239. The molecule has 0 saturated carbocycles. The van der Waals surface area contributed by atoms with E-state index in [9.17, 15) is 5.11 Å². The summed E-state index contributed by atoms with van der Waals surface area (Å²) in [7, 11) is 0. The third kappa shape index (κ3) is 4.72. The molecule has 0 radical (unpaired) electrons. The van der Waals surface area contributed by atoms with Crippen LogP contribution in [0.4, 0.5) is 0 Å². The van der Waals surface area contributed by atoms with Crippen LogP contribution in [0.3, 0.4) is 0 Å². The Kier molecular flexibility index (Phi) is 6.51. The Hall–Kier alpha value is -2.53. The fraction of sp³-hybridized carbons (Fsp3) is 0.240. The van der Waals surface area contributed by atoms with Gasteiger partial charge in [-0.2, -0.15) is 0 Å². The second kappa shape index (κ2) is 9.31. The normalized spacial score (nSPS) is 18.5. The van der Waals surface area contributed by atoms with Crippen LogP contribution >= 0.6 is 23.2 Å². The highest BCUT2D eigenvalue weighted by atomic mass is 35.5. The largest absolute Gasteiger partial charge is 0.504 e. The molecule has 2 atom stereocenters. The summed E-state index contributed by atoms with van der Waals surface area (Å²) in [4.78, 5) is 4.97. The molecule has 160 valence electrons. The third-order valence-corrected chi connectivity index (χ3v) is 5.95. The van der Waals surface area contributed by atoms with Crippen molar-refractivity contribution in [3.8, 4) is 11.5 Å². The summed E-state index contributed by atoms with van der Waals surface area (Å²) in [5, 5.41) is 15.5. The quantitative estimate of drug-likeness (QED) is 0.454. The molecule has 0 spiro atoms. The monoisotopic (exact) mass is 454 g/mol. The van der Waals surface area contributed by atoms with E-state index >= 15 is 0 Å². The first-order chi connectivity index (χ1) is 15.0. The molecule has 2 N–H and O–H groups in total. The van der Waals surface area contributed by atoms with E-state index in [4.69, 9.17) is 32.9 Å². The Labute approximate surface area is 192 Å². The summed E-state index contributed by atoms with van der Waals surface area (Å²) in [5.74, 6) is 0.621. The van der Waals surface area contributed by atoms with Gasteiger partial charge in [0.2, 0.25) is 0 Å². The average molecular weight is 455 g/mol. The van der Waals surface area contributed by atoms with Crippen LogP contribution in [-0.4, -0.2) is 17.4 Å². The van der Waals surface area contributed by atoms with Crippen molar-refractivity contribution in [1.29, 1.82) is 0 Å². The molecule has 4 nitrogen and oxygen atoms in total. The molecule has 0 saturated heterocycles. The lowest BCUT2D eigenvalue weighted by atomic mass is 9.93. The molecule has 0 aromatic heterocycles. The smallest absolute Gasteiger partial charge is 0.162 e. The number of para-hydroxylation sites is 1. The Morgan fingerprint density at radius 3 is 2.55 bits per heavy atom. The van der Waals surface area contributed by atoms with Gasteiger partial charge >= 0.3 is 0 Å². The standard InChI is InChI=1S/C25H24Cl2N2O2/c1-3-31-23-6-4-5-19(24(23)30)22-14-21(16-9-7-15(2)8-10-16)28-25(29-22)18-12-11-17(26)13-20(18)27/h4-13,22,25,29-30H,3,14H2,1-2H3/t22-,25+/m0/s1. The van der Waals surface area contributed by atoms with Crippen LogP contribution in [0.2, 0.25) is 10.0 Å². The first kappa shape index (κ1) is 21.7. The number of benzene rings is 3. The minimum atomic E-state index is -0.380. The lowest BCUT2D eigenvalue weighted by molar-refractivity contribution is 0.313. The number of rotatable bonds is 5. The molecule has 0 fully saturated rings. The number of phenolic OH excluding ortho intramolecular Hbond substituents is 1. The van der Waals surface area contributed by atoms with Crippen LogP contribution in [0.1, 0.15) is 47.8 Å². The number of hydrogen-bond acceptors (Lipinski definition) is 4. The first-order valence-electron chi connectivity index (χ1n) is 10.3. The summed E-state index contributed by atoms with van der Waals surface area (Å²) in [6.45, 7) is 4.43. The zero-order valence-corrected chi connectivity index (χ0v) is 18.9. The van der Waals surface area contributed by atoms with Crippen LogP contribution < -0.4 is 10.1 Å². The number of ether oxygens (including phenoxy) is 1. The van der Waals surface area contributed by atoms with Gasteiger partial charge in [0.1, 0.15) is 6.17 Å². The third-order valence-electron chi connectivity index (χ3n) is 5.39. The molecule has 1 aliphatic rings. The van der Waals surface area contributed by atoms with Crippen molar-refractivity contribution in [2.24, 2.45) is 4.99 Å². The zero-order chi connectivity index (χ0) is 22.0. The number of nitrogens with zero attached hydrogens (tertiary/aromatic N) is 1. The lowest BCUT2D eigenvalue weighted by Gasteiger charge is -2.31. The van der Waals surface area contributed by atoms with Gasteiger partial charge in [0.25, 0.3) is 0 Å². The molecule has 1 heterocycles. The fourth-order valence-electron chi connectivity index (χ4n) is 3.80. The van der Waals surface area contributed by atoms with Crippen molar-refractivity contribution < 1.29 is 9.84 Å². The van der Waals surface area contributed by atoms with Gasteiger partial charge in [-0.25, -0.2) is 0 Å². The minimum absolute atomic E-state index is 0.146. The highest BCUT2D eigenvalue weighted by Gasteiger charge is 2.29. The second-order valence-corrected chi connectivity index (χ2v) is 8.40. The predicted molar refractivity (Wildman–Crippen MR) is 127 cm³/mol. The van der Waals surface area contributed by atoms with Gasteiger partial charge in [-0.15, -0.1) is 0 Å². The van der Waals surface area contributed by atoms with E-state index in [0.29, 0.717) is 28.8 Å². The lowest BCUT2D eigenvalue weighted by Crippen LogP contribution is -2.33. The minimum Gasteiger partial charge on any atom is -0.504 e. The number of nitrogens with one attached hydrogen (secondary N) is 1. The number of aryl methyl sites for hydroxylation is 1. The van der Waals surface area contributed by atoms with Gasteiger partial charge in [0.15, 0.2) is 11.5 Å². The van der Waals surface area contributed by atoms with Crippen LogP contribution in [0.25, 0.3) is 0 Å². The van der Waals surface area contributed by atoms with E-state index in [1.165, 1.54) is 5.56 Å². The predicted octanol–water partition coefficient (Wildman–Crippen LogP) is 6.63. The molecule has 0 unspecified atom stereocenters. The number of hydrogen-bond donors (Lipinski definition) is 2. The van der Waals surface area contributed by atoms with Gasteiger partial charge in [0, 0.05) is 39.3 Å². The molecular formula is C25H24Cl2N2O2. The van der Waals surface area contributed by atoms with E-state index < -0.39 is 0 Å². The fourth-order valence-corrected chi connectivity index (χ4v) is 4.31. The molecular weight excluding hydrogens is 431 g/mol. The molecule has 0 amide bonds. The van der Waals surface area contributed by atoms with Crippen molar-refractivity contribution in [3.63, 3.8) is 0 Å². The molecule has 3 aromatic rings. The van der Waals surface area contributed by atoms with Crippen molar-refractivity contribution in [1.82, 2.24) is 5.32 Å². The SMILES string of the molecule is CCOc1cccc([C@@H]2CC(c3ccc(C)cc3)=N[C@@H](c3ccc(Cl)cc3Cl)N2)c1O. The van der Waals surface area contributed by atoms with Crippen molar-refractivity contribution in [2.45, 2.75) is 32.5 Å². The Balaban J connectivity index is 1.77. The second-order valence-electron chi connectivity index (χ2n) is 7.56. The van der Waals surface area contributed by atoms with Crippen LogP contribution in [-0.2, 0) is 0 Å². The van der Waals surface area contributed by atoms with Crippen LogP contribution in [0, 0.1) is 6.92 Å². The maximum Gasteiger partial charge on any atom is 0.162 e. The molecule has 3 aromatic carbocycles. The molecule has 0 bridgehead atoms. The molecule has 31 heavy (non-hydrogen) atoms. The van der Waals surface area contributed by atoms with E-state index in [0.717, 1.165) is 22.4 Å². The first-order valence-corrected chi connectivity index (χ1v) is 11.0. The Morgan fingerprint density at radius 2 is 1.84 bits per heavy atom.